The van der Waals surface area contributed by atoms with E-state index in [1.54, 1.807) is 18.0 Å². The minimum absolute atomic E-state index is 0.0901. The summed E-state index contributed by atoms with van der Waals surface area (Å²) in [5, 5.41) is 17.1. The van der Waals surface area contributed by atoms with Crippen molar-refractivity contribution in [2.45, 2.75) is 51.0 Å². The third-order valence-electron chi connectivity index (χ3n) is 5.82. The zero-order valence-electron chi connectivity index (χ0n) is 16.3. The van der Waals surface area contributed by atoms with E-state index in [1.165, 1.54) is 18.6 Å². The summed E-state index contributed by atoms with van der Waals surface area (Å²) in [4.78, 5) is 37.6. The standard InChI is InChI=1S/C20H28N4O4/c1-21-18-8-7-16(24(27)28)13-17(18)20(26)23-11-9-15(10-12-23)22-19(25)14-5-3-2-4-6-14/h7-8,13-15,21H,2-6,9-12H2,1H3,(H,22,25). The minimum atomic E-state index is -0.497. The predicted octanol–water partition coefficient (Wildman–Crippen LogP) is 2.94. The molecule has 1 saturated carbocycles. The van der Waals surface area contributed by atoms with Crippen molar-refractivity contribution in [3.8, 4) is 0 Å². The maximum absolute atomic E-state index is 12.9. The number of likely N-dealkylation sites (tertiary alicyclic amines) is 1. The van der Waals surface area contributed by atoms with Crippen LogP contribution in [0.4, 0.5) is 11.4 Å². The predicted molar refractivity (Wildman–Crippen MR) is 106 cm³/mol. The van der Waals surface area contributed by atoms with Crippen molar-refractivity contribution in [1.82, 2.24) is 10.2 Å². The fourth-order valence-corrected chi connectivity index (χ4v) is 4.12. The summed E-state index contributed by atoms with van der Waals surface area (Å²) in [7, 11) is 1.69. The lowest BCUT2D eigenvalue weighted by Crippen LogP contribution is -2.48. The van der Waals surface area contributed by atoms with Gasteiger partial charge in [-0.2, -0.15) is 0 Å². The van der Waals surface area contributed by atoms with Crippen molar-refractivity contribution in [2.24, 2.45) is 5.92 Å². The molecular formula is C20H28N4O4. The number of anilines is 1. The number of carbonyl (C=O) groups excluding carboxylic acids is 2. The first-order valence-electron chi connectivity index (χ1n) is 10.1. The average Bonchev–Trinajstić information content (AvgIpc) is 2.73. The highest BCUT2D eigenvalue weighted by Crippen LogP contribution is 2.26. The minimum Gasteiger partial charge on any atom is -0.387 e. The Morgan fingerprint density at radius 1 is 1.11 bits per heavy atom. The van der Waals surface area contributed by atoms with E-state index in [0.29, 0.717) is 37.2 Å². The van der Waals surface area contributed by atoms with Gasteiger partial charge in [0.1, 0.15) is 0 Å². The first-order chi connectivity index (χ1) is 13.5. The first-order valence-corrected chi connectivity index (χ1v) is 10.1. The monoisotopic (exact) mass is 388 g/mol. The van der Waals surface area contributed by atoms with Crippen LogP contribution in [0.3, 0.4) is 0 Å². The molecule has 152 valence electrons. The third-order valence-corrected chi connectivity index (χ3v) is 5.82. The molecule has 0 bridgehead atoms. The molecule has 28 heavy (non-hydrogen) atoms. The van der Waals surface area contributed by atoms with E-state index < -0.39 is 4.92 Å². The van der Waals surface area contributed by atoms with Gasteiger partial charge in [0.25, 0.3) is 11.6 Å². The molecule has 1 heterocycles. The maximum atomic E-state index is 12.9. The quantitative estimate of drug-likeness (QED) is 0.596. The van der Waals surface area contributed by atoms with Crippen LogP contribution in [0.25, 0.3) is 0 Å². The van der Waals surface area contributed by atoms with Gasteiger partial charge in [-0.05, 0) is 31.7 Å². The molecule has 0 spiro atoms. The smallest absolute Gasteiger partial charge is 0.270 e. The normalized spacial score (nSPS) is 18.5. The number of carbonyl (C=O) groups is 2. The lowest BCUT2D eigenvalue weighted by atomic mass is 9.88. The molecule has 1 aromatic carbocycles. The largest absolute Gasteiger partial charge is 0.387 e. The molecule has 3 rings (SSSR count). The zero-order chi connectivity index (χ0) is 20.1. The van der Waals surface area contributed by atoms with Crippen molar-refractivity contribution in [2.75, 3.05) is 25.5 Å². The highest BCUT2D eigenvalue weighted by Gasteiger charge is 2.29. The van der Waals surface area contributed by atoms with Gasteiger partial charge in [-0.1, -0.05) is 19.3 Å². The van der Waals surface area contributed by atoms with Crippen molar-refractivity contribution >= 4 is 23.2 Å². The second-order valence-electron chi connectivity index (χ2n) is 7.65. The highest BCUT2D eigenvalue weighted by molar-refractivity contribution is 6.00. The van der Waals surface area contributed by atoms with E-state index in [9.17, 15) is 19.7 Å². The number of rotatable bonds is 5. The number of hydrogen-bond donors (Lipinski definition) is 2. The topological polar surface area (TPSA) is 105 Å². The van der Waals surface area contributed by atoms with Gasteiger partial charge >= 0.3 is 0 Å². The number of hydrogen-bond acceptors (Lipinski definition) is 5. The summed E-state index contributed by atoms with van der Waals surface area (Å²) in [5.74, 6) is 0.0715. The zero-order valence-corrected chi connectivity index (χ0v) is 16.3. The van der Waals surface area contributed by atoms with E-state index in [2.05, 4.69) is 10.6 Å². The second kappa shape index (κ2) is 9.03. The molecule has 0 unspecified atom stereocenters. The molecule has 2 fully saturated rings. The molecule has 1 aliphatic heterocycles. The van der Waals surface area contributed by atoms with Crippen molar-refractivity contribution in [3.63, 3.8) is 0 Å². The highest BCUT2D eigenvalue weighted by atomic mass is 16.6. The molecule has 2 N–H and O–H groups in total. The Bertz CT molecular complexity index is 738. The molecule has 2 aliphatic rings. The Labute approximate surface area is 164 Å². The lowest BCUT2D eigenvalue weighted by Gasteiger charge is -2.33. The summed E-state index contributed by atoms with van der Waals surface area (Å²) in [5.41, 5.74) is 0.779. The van der Waals surface area contributed by atoms with Gasteiger partial charge in [0.05, 0.1) is 10.5 Å². The van der Waals surface area contributed by atoms with Crippen molar-refractivity contribution in [1.29, 1.82) is 0 Å². The number of non-ortho nitro benzene ring substituents is 1. The molecule has 1 aliphatic carbocycles. The van der Waals surface area contributed by atoms with Crippen LogP contribution in [0.1, 0.15) is 55.3 Å². The Hall–Kier alpha value is -2.64. The number of nitrogens with one attached hydrogen (secondary N) is 2. The molecular weight excluding hydrogens is 360 g/mol. The fraction of sp³-hybridized carbons (Fsp3) is 0.600. The Balaban J connectivity index is 1.58. The van der Waals surface area contributed by atoms with Gasteiger partial charge in [-0.25, -0.2) is 0 Å². The van der Waals surface area contributed by atoms with E-state index in [-0.39, 0.29) is 29.5 Å². The van der Waals surface area contributed by atoms with Crippen LogP contribution in [-0.4, -0.2) is 47.8 Å². The summed E-state index contributed by atoms with van der Waals surface area (Å²) < 4.78 is 0. The summed E-state index contributed by atoms with van der Waals surface area (Å²) in [6.45, 7) is 1.06. The summed E-state index contributed by atoms with van der Waals surface area (Å²) in [6, 6.07) is 4.36. The van der Waals surface area contributed by atoms with Gasteiger partial charge < -0.3 is 15.5 Å². The Kier molecular flexibility index (Phi) is 6.49. The van der Waals surface area contributed by atoms with Gasteiger partial charge in [0, 0.05) is 49.9 Å². The van der Waals surface area contributed by atoms with Crippen molar-refractivity contribution < 1.29 is 14.5 Å². The summed E-state index contributed by atoms with van der Waals surface area (Å²) >= 11 is 0. The van der Waals surface area contributed by atoms with Gasteiger partial charge in [-0.3, -0.25) is 19.7 Å². The van der Waals surface area contributed by atoms with Crippen LogP contribution in [0.5, 0.6) is 0 Å². The van der Waals surface area contributed by atoms with Gasteiger partial charge in [-0.15, -0.1) is 0 Å². The van der Waals surface area contributed by atoms with Gasteiger partial charge in [0.2, 0.25) is 5.91 Å². The van der Waals surface area contributed by atoms with E-state index in [0.717, 1.165) is 25.7 Å². The van der Waals surface area contributed by atoms with Gasteiger partial charge in [0.15, 0.2) is 0 Å². The number of amides is 2. The number of nitrogens with zero attached hydrogens (tertiary/aromatic N) is 2. The van der Waals surface area contributed by atoms with Crippen LogP contribution in [-0.2, 0) is 4.79 Å². The van der Waals surface area contributed by atoms with Crippen LogP contribution in [0, 0.1) is 16.0 Å². The van der Waals surface area contributed by atoms with Crippen LogP contribution >= 0.6 is 0 Å². The Morgan fingerprint density at radius 3 is 2.39 bits per heavy atom. The van der Waals surface area contributed by atoms with E-state index >= 15 is 0 Å². The van der Waals surface area contributed by atoms with E-state index in [4.69, 9.17) is 0 Å². The summed E-state index contributed by atoms with van der Waals surface area (Å²) in [6.07, 6.45) is 6.83. The molecule has 0 aromatic heterocycles. The van der Waals surface area contributed by atoms with Crippen LogP contribution in [0.15, 0.2) is 18.2 Å². The number of nitro groups is 1. The number of benzene rings is 1. The molecule has 8 heteroatoms. The SMILES string of the molecule is CNc1ccc([N+](=O)[O-])cc1C(=O)N1CCC(NC(=O)C2CCCCC2)CC1. The van der Waals surface area contributed by atoms with E-state index in [1.807, 2.05) is 0 Å². The Morgan fingerprint density at radius 2 is 1.79 bits per heavy atom. The fourth-order valence-electron chi connectivity index (χ4n) is 4.12. The molecule has 0 atom stereocenters. The average molecular weight is 388 g/mol. The molecule has 8 nitrogen and oxygen atoms in total. The molecule has 1 saturated heterocycles. The molecule has 2 amide bonds. The van der Waals surface area contributed by atoms with Crippen LogP contribution < -0.4 is 10.6 Å². The third kappa shape index (κ3) is 4.61. The molecule has 1 aromatic rings. The lowest BCUT2D eigenvalue weighted by molar-refractivity contribution is -0.384. The molecule has 0 radical (unpaired) electrons. The van der Waals surface area contributed by atoms with Crippen molar-refractivity contribution in [3.05, 3.63) is 33.9 Å². The maximum Gasteiger partial charge on any atom is 0.270 e. The second-order valence-corrected chi connectivity index (χ2v) is 7.65. The number of nitro benzene ring substituents is 1. The number of piperidine rings is 1. The van der Waals surface area contributed by atoms with Crippen LogP contribution in [0.2, 0.25) is 0 Å². The first kappa shape index (κ1) is 20.1.